The van der Waals surface area contributed by atoms with Crippen LogP contribution in [0.25, 0.3) is 0 Å². The summed E-state index contributed by atoms with van der Waals surface area (Å²) in [5.74, 6) is 6.47. The average molecular weight is 263 g/mol. The summed E-state index contributed by atoms with van der Waals surface area (Å²) in [6.07, 6.45) is 0.156. The molecule has 3 N–H and O–H groups in total. The van der Waals surface area contributed by atoms with Crippen molar-refractivity contribution in [2.45, 2.75) is 26.0 Å². The maximum Gasteiger partial charge on any atom is 0.120 e. The van der Waals surface area contributed by atoms with E-state index in [-0.39, 0.29) is 12.1 Å². The molecule has 96 valence electrons. The van der Waals surface area contributed by atoms with Crippen molar-refractivity contribution in [2.75, 3.05) is 0 Å². The highest BCUT2D eigenvalue weighted by Gasteiger charge is 2.14. The molecule has 5 heteroatoms. The summed E-state index contributed by atoms with van der Waals surface area (Å²) in [4.78, 5) is 4.29. The van der Waals surface area contributed by atoms with Crippen LogP contribution in [0.4, 0.5) is 0 Å². The number of aromatic nitrogens is 1. The topological polar surface area (TPSA) is 60.2 Å². The third-order valence-electron chi connectivity index (χ3n) is 2.48. The smallest absolute Gasteiger partial charge is 0.120 e. The molecule has 18 heavy (non-hydrogen) atoms. The molecule has 1 heterocycles. The van der Waals surface area contributed by atoms with E-state index in [4.69, 9.17) is 10.6 Å². The van der Waals surface area contributed by atoms with Gasteiger partial charge in [0.15, 0.2) is 0 Å². The Labute approximate surface area is 111 Å². The average Bonchev–Trinajstić information content (AvgIpc) is 2.83. The van der Waals surface area contributed by atoms with Crippen LogP contribution in [0.1, 0.15) is 31.1 Å². The molecule has 2 aromatic rings. The molecule has 0 saturated heterocycles. The summed E-state index contributed by atoms with van der Waals surface area (Å²) in [6, 6.07) is 7.80. The number of ether oxygens (including phenoxy) is 1. The van der Waals surface area contributed by atoms with Crippen LogP contribution >= 0.6 is 11.3 Å². The number of thiazole rings is 1. The quantitative estimate of drug-likeness (QED) is 0.642. The van der Waals surface area contributed by atoms with E-state index in [1.54, 1.807) is 16.8 Å². The molecule has 0 aliphatic heterocycles. The van der Waals surface area contributed by atoms with Gasteiger partial charge in [-0.3, -0.25) is 5.84 Å². The Morgan fingerprint density at radius 2 is 2.22 bits per heavy atom. The summed E-state index contributed by atoms with van der Waals surface area (Å²) in [7, 11) is 0. The molecule has 1 aromatic carbocycles. The number of nitrogens with two attached hydrogens (primary N) is 1. The Kier molecular flexibility index (Phi) is 4.30. The van der Waals surface area contributed by atoms with E-state index in [0.29, 0.717) is 0 Å². The fourth-order valence-electron chi connectivity index (χ4n) is 1.76. The number of rotatable bonds is 5. The van der Waals surface area contributed by atoms with E-state index in [9.17, 15) is 0 Å². The number of nitrogens with zero attached hydrogens (tertiary/aromatic N) is 1. The molecule has 0 radical (unpaired) electrons. The van der Waals surface area contributed by atoms with Gasteiger partial charge in [0.2, 0.25) is 0 Å². The van der Waals surface area contributed by atoms with Gasteiger partial charge in [0.1, 0.15) is 5.75 Å². The van der Waals surface area contributed by atoms with E-state index in [1.165, 1.54) is 0 Å². The third kappa shape index (κ3) is 3.07. The largest absolute Gasteiger partial charge is 0.491 e. The van der Waals surface area contributed by atoms with Crippen LogP contribution in [-0.2, 0) is 0 Å². The zero-order valence-corrected chi connectivity index (χ0v) is 11.3. The van der Waals surface area contributed by atoms with Gasteiger partial charge in [-0.15, -0.1) is 11.3 Å². The lowest BCUT2D eigenvalue weighted by atomic mass is 10.1. The fraction of sp³-hybridized carbons (Fsp3) is 0.308. The Balaban J connectivity index is 2.26. The summed E-state index contributed by atoms with van der Waals surface area (Å²) < 4.78 is 5.68. The Morgan fingerprint density at radius 3 is 2.83 bits per heavy atom. The predicted molar refractivity (Wildman–Crippen MR) is 73.5 cm³/mol. The molecule has 1 aromatic heterocycles. The molecule has 2 rings (SSSR count). The molecule has 1 unspecified atom stereocenters. The van der Waals surface area contributed by atoms with Gasteiger partial charge in [-0.25, -0.2) is 10.4 Å². The zero-order chi connectivity index (χ0) is 13.0. The Morgan fingerprint density at radius 1 is 1.39 bits per heavy atom. The van der Waals surface area contributed by atoms with Crippen LogP contribution in [0.3, 0.4) is 0 Å². The minimum Gasteiger partial charge on any atom is -0.491 e. The zero-order valence-electron chi connectivity index (χ0n) is 10.5. The van der Waals surface area contributed by atoms with Crippen LogP contribution in [0.2, 0.25) is 0 Å². The van der Waals surface area contributed by atoms with Gasteiger partial charge in [-0.05, 0) is 31.5 Å². The molecular weight excluding hydrogens is 246 g/mol. The first-order valence-electron chi connectivity index (χ1n) is 5.81. The second-order valence-electron chi connectivity index (χ2n) is 4.25. The maximum atomic E-state index is 5.68. The first kappa shape index (κ1) is 13.0. The van der Waals surface area contributed by atoms with Gasteiger partial charge in [0.25, 0.3) is 0 Å². The molecule has 0 fully saturated rings. The summed E-state index contributed by atoms with van der Waals surface area (Å²) in [5, 5.41) is 1.99. The van der Waals surface area contributed by atoms with Crippen molar-refractivity contribution >= 4 is 11.3 Å². The van der Waals surface area contributed by atoms with E-state index in [2.05, 4.69) is 10.4 Å². The minimum atomic E-state index is -0.105. The molecule has 0 aliphatic carbocycles. The highest BCUT2D eigenvalue weighted by Crippen LogP contribution is 2.24. The van der Waals surface area contributed by atoms with Gasteiger partial charge in [0.05, 0.1) is 23.4 Å². The van der Waals surface area contributed by atoms with Crippen LogP contribution in [0.15, 0.2) is 35.2 Å². The lowest BCUT2D eigenvalue weighted by Gasteiger charge is -2.16. The number of hydrogen-bond acceptors (Lipinski definition) is 5. The SMILES string of the molecule is CC(C)Oc1cccc(C(NN)c2cscn2)c1. The van der Waals surface area contributed by atoms with Gasteiger partial charge in [0, 0.05) is 5.38 Å². The molecular formula is C13H17N3OS. The minimum absolute atomic E-state index is 0.105. The molecule has 0 saturated carbocycles. The highest BCUT2D eigenvalue weighted by molar-refractivity contribution is 7.07. The maximum absolute atomic E-state index is 5.68. The van der Waals surface area contributed by atoms with E-state index in [1.807, 2.05) is 43.5 Å². The summed E-state index contributed by atoms with van der Waals surface area (Å²) in [5.41, 5.74) is 6.55. The van der Waals surface area contributed by atoms with Crippen LogP contribution in [0.5, 0.6) is 5.75 Å². The monoisotopic (exact) mass is 263 g/mol. The van der Waals surface area contributed by atoms with Gasteiger partial charge >= 0.3 is 0 Å². The fourth-order valence-corrected chi connectivity index (χ4v) is 2.34. The van der Waals surface area contributed by atoms with Crippen LogP contribution < -0.4 is 16.0 Å². The molecule has 1 atom stereocenters. The molecule has 4 nitrogen and oxygen atoms in total. The van der Waals surface area contributed by atoms with Crippen molar-refractivity contribution in [3.8, 4) is 5.75 Å². The summed E-state index contributed by atoms with van der Waals surface area (Å²) in [6.45, 7) is 4.01. The normalized spacial score (nSPS) is 12.7. The first-order valence-corrected chi connectivity index (χ1v) is 6.76. The van der Waals surface area contributed by atoms with Crippen molar-refractivity contribution in [3.63, 3.8) is 0 Å². The van der Waals surface area contributed by atoms with Gasteiger partial charge in [-0.1, -0.05) is 12.1 Å². The lowest BCUT2D eigenvalue weighted by molar-refractivity contribution is 0.242. The molecule has 0 amide bonds. The first-order chi connectivity index (χ1) is 8.70. The highest BCUT2D eigenvalue weighted by atomic mass is 32.1. The molecule has 0 bridgehead atoms. The molecule has 0 aliphatic rings. The van der Waals surface area contributed by atoms with Crippen molar-refractivity contribution in [1.82, 2.24) is 10.4 Å². The number of benzene rings is 1. The second kappa shape index (κ2) is 5.95. The second-order valence-corrected chi connectivity index (χ2v) is 4.97. The number of hydrogen-bond donors (Lipinski definition) is 2. The van der Waals surface area contributed by atoms with Crippen molar-refractivity contribution in [1.29, 1.82) is 0 Å². The van der Waals surface area contributed by atoms with Crippen molar-refractivity contribution < 1.29 is 4.74 Å². The number of hydrazine groups is 1. The van der Waals surface area contributed by atoms with E-state index < -0.39 is 0 Å². The van der Waals surface area contributed by atoms with Crippen LogP contribution in [0, 0.1) is 0 Å². The van der Waals surface area contributed by atoms with Crippen molar-refractivity contribution in [2.24, 2.45) is 5.84 Å². The van der Waals surface area contributed by atoms with E-state index in [0.717, 1.165) is 17.0 Å². The molecule has 0 spiro atoms. The summed E-state index contributed by atoms with van der Waals surface area (Å²) >= 11 is 1.55. The number of nitrogens with one attached hydrogen (secondary N) is 1. The standard InChI is InChI=1S/C13H17N3OS/c1-9(2)17-11-5-3-4-10(6-11)13(16-14)12-7-18-8-15-12/h3-9,13,16H,14H2,1-2H3. The lowest BCUT2D eigenvalue weighted by Crippen LogP contribution is -2.29. The van der Waals surface area contributed by atoms with Crippen LogP contribution in [-0.4, -0.2) is 11.1 Å². The van der Waals surface area contributed by atoms with E-state index >= 15 is 0 Å². The third-order valence-corrected chi connectivity index (χ3v) is 3.08. The Bertz CT molecular complexity index is 485. The van der Waals surface area contributed by atoms with Crippen molar-refractivity contribution in [3.05, 3.63) is 46.4 Å². The van der Waals surface area contributed by atoms with Gasteiger partial charge in [-0.2, -0.15) is 0 Å². The predicted octanol–water partition coefficient (Wildman–Crippen LogP) is 2.48. The van der Waals surface area contributed by atoms with Gasteiger partial charge < -0.3 is 4.74 Å². The Hall–Kier alpha value is -1.43.